The van der Waals surface area contributed by atoms with Gasteiger partial charge in [0.25, 0.3) is 0 Å². The highest BCUT2D eigenvalue weighted by Crippen LogP contribution is 2.26. The fourth-order valence-electron chi connectivity index (χ4n) is 1.86. The van der Waals surface area contributed by atoms with Gasteiger partial charge in [-0.15, -0.1) is 0 Å². The molecular formula is C13H18N4O. The molecule has 0 spiro atoms. The van der Waals surface area contributed by atoms with E-state index in [1.807, 2.05) is 24.9 Å². The van der Waals surface area contributed by atoms with Crippen LogP contribution in [0.25, 0.3) is 11.3 Å². The molecule has 0 atom stereocenters. The molecule has 0 aliphatic carbocycles. The number of carbonyl (C=O) groups excluding carboxylic acids is 1. The maximum atomic E-state index is 11.2. The Morgan fingerprint density at radius 2 is 1.89 bits per heavy atom. The van der Waals surface area contributed by atoms with Crippen molar-refractivity contribution in [3.8, 4) is 11.3 Å². The molecule has 5 nitrogen and oxygen atoms in total. The van der Waals surface area contributed by atoms with Crippen LogP contribution in [-0.2, 0) is 12.6 Å². The van der Waals surface area contributed by atoms with Gasteiger partial charge in [0, 0.05) is 25.0 Å². The van der Waals surface area contributed by atoms with Crippen LogP contribution in [0.3, 0.4) is 0 Å². The first-order valence-electron chi connectivity index (χ1n) is 5.89. The van der Waals surface area contributed by atoms with E-state index in [2.05, 4.69) is 31.0 Å². The minimum atomic E-state index is -0.147. The van der Waals surface area contributed by atoms with E-state index in [9.17, 15) is 4.79 Å². The van der Waals surface area contributed by atoms with E-state index in [0.717, 1.165) is 17.5 Å². The normalized spacial score (nSPS) is 11.8. The van der Waals surface area contributed by atoms with Gasteiger partial charge in [0.2, 0.25) is 0 Å². The monoisotopic (exact) mass is 246 g/mol. The molecule has 0 aliphatic heterocycles. The van der Waals surface area contributed by atoms with Crippen LogP contribution < -0.4 is 0 Å². The third-order valence-corrected chi connectivity index (χ3v) is 2.83. The van der Waals surface area contributed by atoms with E-state index < -0.39 is 0 Å². The molecule has 18 heavy (non-hydrogen) atoms. The number of nitrogens with zero attached hydrogens (tertiary/aromatic N) is 4. The number of hydrogen-bond donors (Lipinski definition) is 0. The second kappa shape index (κ2) is 4.08. The first-order chi connectivity index (χ1) is 8.32. The van der Waals surface area contributed by atoms with E-state index in [0.29, 0.717) is 11.3 Å². The predicted molar refractivity (Wildman–Crippen MR) is 69.5 cm³/mol. The largest absolute Gasteiger partial charge is 0.298 e. The lowest BCUT2D eigenvalue weighted by molar-refractivity contribution is 0.112. The molecule has 0 amide bonds. The fraction of sp³-hybridized carbons (Fsp3) is 0.462. The van der Waals surface area contributed by atoms with Gasteiger partial charge >= 0.3 is 0 Å². The predicted octanol–water partition coefficient (Wildman–Crippen LogP) is 2.16. The van der Waals surface area contributed by atoms with Gasteiger partial charge in [0.1, 0.15) is 5.69 Å². The lowest BCUT2D eigenvalue weighted by Crippen LogP contribution is -2.22. The Morgan fingerprint density at radius 3 is 2.33 bits per heavy atom. The van der Waals surface area contributed by atoms with Crippen LogP contribution in [0.15, 0.2) is 12.4 Å². The summed E-state index contributed by atoms with van der Waals surface area (Å²) in [7, 11) is 1.86. The van der Waals surface area contributed by atoms with Crippen molar-refractivity contribution in [3.05, 3.63) is 23.7 Å². The molecule has 5 heteroatoms. The summed E-state index contributed by atoms with van der Waals surface area (Å²) in [5, 5.41) is 8.81. The van der Waals surface area contributed by atoms with Gasteiger partial charge < -0.3 is 0 Å². The molecule has 96 valence electrons. The van der Waals surface area contributed by atoms with Crippen molar-refractivity contribution in [1.82, 2.24) is 19.6 Å². The van der Waals surface area contributed by atoms with Crippen LogP contribution in [0, 0.1) is 6.92 Å². The van der Waals surface area contributed by atoms with Crippen molar-refractivity contribution in [2.45, 2.75) is 33.2 Å². The lowest BCUT2D eigenvalue weighted by atomic mass is 10.1. The number of aromatic nitrogens is 4. The van der Waals surface area contributed by atoms with E-state index in [1.165, 1.54) is 0 Å². The van der Waals surface area contributed by atoms with Crippen molar-refractivity contribution < 1.29 is 4.79 Å². The summed E-state index contributed by atoms with van der Waals surface area (Å²) >= 11 is 0. The van der Waals surface area contributed by atoms with Crippen LogP contribution in [0.4, 0.5) is 0 Å². The van der Waals surface area contributed by atoms with Crippen LogP contribution in [0.2, 0.25) is 0 Å². The number of rotatable bonds is 2. The summed E-state index contributed by atoms with van der Waals surface area (Å²) in [6.45, 7) is 8.07. The minimum Gasteiger partial charge on any atom is -0.298 e. The van der Waals surface area contributed by atoms with Gasteiger partial charge in [-0.05, 0) is 27.7 Å². The zero-order valence-corrected chi connectivity index (χ0v) is 11.4. The van der Waals surface area contributed by atoms with Gasteiger partial charge in [-0.25, -0.2) is 0 Å². The van der Waals surface area contributed by atoms with E-state index in [4.69, 9.17) is 0 Å². The zero-order chi connectivity index (χ0) is 13.5. The average Bonchev–Trinajstić information content (AvgIpc) is 2.80. The summed E-state index contributed by atoms with van der Waals surface area (Å²) in [6.07, 6.45) is 4.52. The molecule has 0 bridgehead atoms. The molecule has 0 fully saturated rings. The van der Waals surface area contributed by atoms with Crippen molar-refractivity contribution in [1.29, 1.82) is 0 Å². The summed E-state index contributed by atoms with van der Waals surface area (Å²) < 4.78 is 3.55. The maximum absolute atomic E-state index is 11.2. The average molecular weight is 246 g/mol. The molecule has 0 saturated carbocycles. The highest BCUT2D eigenvalue weighted by molar-refractivity contribution is 5.85. The Balaban J connectivity index is 2.60. The molecule has 2 aromatic heterocycles. The minimum absolute atomic E-state index is 0.147. The Hall–Kier alpha value is -1.91. The van der Waals surface area contributed by atoms with Gasteiger partial charge in [-0.2, -0.15) is 10.2 Å². The molecule has 0 aliphatic rings. The lowest BCUT2D eigenvalue weighted by Gasteiger charge is -2.18. The summed E-state index contributed by atoms with van der Waals surface area (Å²) in [4.78, 5) is 11.2. The second-order valence-corrected chi connectivity index (χ2v) is 5.47. The summed E-state index contributed by atoms with van der Waals surface area (Å²) in [5.74, 6) is 0. The van der Waals surface area contributed by atoms with Crippen molar-refractivity contribution in [2.75, 3.05) is 0 Å². The first kappa shape index (κ1) is 12.5. The Labute approximate surface area is 106 Å². The maximum Gasteiger partial charge on any atom is 0.153 e. The van der Waals surface area contributed by atoms with Crippen LogP contribution >= 0.6 is 0 Å². The number of hydrogen-bond acceptors (Lipinski definition) is 3. The Bertz CT molecular complexity index is 587. The molecule has 0 aromatic carbocycles. The molecular weight excluding hydrogens is 228 g/mol. The third-order valence-electron chi connectivity index (χ3n) is 2.83. The second-order valence-electron chi connectivity index (χ2n) is 5.47. The topological polar surface area (TPSA) is 52.7 Å². The zero-order valence-electron chi connectivity index (χ0n) is 11.4. The SMILES string of the molecule is Cc1nn(C)cc1-c1nn(C(C)(C)C)cc1C=O. The third kappa shape index (κ3) is 2.08. The Kier molecular flexibility index (Phi) is 2.84. The van der Waals surface area contributed by atoms with Crippen LogP contribution in [-0.4, -0.2) is 25.8 Å². The number of aryl methyl sites for hydroxylation is 2. The molecule has 0 unspecified atom stereocenters. The summed E-state index contributed by atoms with van der Waals surface area (Å²) in [5.41, 5.74) is 2.93. The molecule has 0 radical (unpaired) electrons. The van der Waals surface area contributed by atoms with Crippen molar-refractivity contribution in [3.63, 3.8) is 0 Å². The summed E-state index contributed by atoms with van der Waals surface area (Å²) in [6, 6.07) is 0. The van der Waals surface area contributed by atoms with Crippen molar-refractivity contribution >= 4 is 6.29 Å². The Morgan fingerprint density at radius 1 is 1.22 bits per heavy atom. The highest BCUT2D eigenvalue weighted by Gasteiger charge is 2.20. The van der Waals surface area contributed by atoms with E-state index in [-0.39, 0.29) is 5.54 Å². The van der Waals surface area contributed by atoms with E-state index >= 15 is 0 Å². The number of aldehydes is 1. The highest BCUT2D eigenvalue weighted by atomic mass is 16.1. The standard InChI is InChI=1S/C13H18N4O/c1-9-11(7-16(5)14-9)12-10(8-18)6-17(15-12)13(2,3)4/h6-8H,1-5H3. The first-order valence-corrected chi connectivity index (χ1v) is 5.89. The van der Waals surface area contributed by atoms with Gasteiger partial charge in [-0.1, -0.05) is 0 Å². The number of carbonyl (C=O) groups is 1. The molecule has 0 saturated heterocycles. The smallest absolute Gasteiger partial charge is 0.153 e. The van der Waals surface area contributed by atoms with Crippen LogP contribution in [0.5, 0.6) is 0 Å². The van der Waals surface area contributed by atoms with Gasteiger partial charge in [0.15, 0.2) is 6.29 Å². The van der Waals surface area contributed by atoms with Gasteiger partial charge in [-0.3, -0.25) is 14.2 Å². The van der Waals surface area contributed by atoms with Crippen LogP contribution in [0.1, 0.15) is 36.8 Å². The van der Waals surface area contributed by atoms with Crippen molar-refractivity contribution in [2.24, 2.45) is 7.05 Å². The van der Waals surface area contributed by atoms with Gasteiger partial charge in [0.05, 0.1) is 16.8 Å². The molecule has 2 rings (SSSR count). The fourth-order valence-corrected chi connectivity index (χ4v) is 1.86. The molecule has 2 aromatic rings. The molecule has 2 heterocycles. The van der Waals surface area contributed by atoms with E-state index in [1.54, 1.807) is 10.9 Å². The molecule has 0 N–H and O–H groups in total. The quantitative estimate of drug-likeness (QED) is 0.763.